The van der Waals surface area contributed by atoms with Gasteiger partial charge in [0.2, 0.25) is 0 Å². The number of halogens is 4. The zero-order valence-electron chi connectivity index (χ0n) is 11.7. The normalized spacial score (nSPS) is 14.1. The van der Waals surface area contributed by atoms with Gasteiger partial charge < -0.3 is 10.8 Å². The van der Waals surface area contributed by atoms with Crippen LogP contribution in [0.2, 0.25) is 0 Å². The van der Waals surface area contributed by atoms with E-state index in [0.29, 0.717) is 11.1 Å². The molecule has 0 saturated heterocycles. The number of benzene rings is 1. The Balaban J connectivity index is 0.00000242. The molecule has 0 aliphatic rings. The highest BCUT2D eigenvalue weighted by Crippen LogP contribution is 2.34. The monoisotopic (exact) mass is 332 g/mol. The smallest absolute Gasteiger partial charge is 0.389 e. The molecule has 0 bridgehead atoms. The Labute approximate surface area is 132 Å². The van der Waals surface area contributed by atoms with Gasteiger partial charge in [0.1, 0.15) is 0 Å². The summed E-state index contributed by atoms with van der Waals surface area (Å²) in [6.45, 7) is 1.61. The molecule has 3 N–H and O–H groups in total. The van der Waals surface area contributed by atoms with E-state index < -0.39 is 23.9 Å². The van der Waals surface area contributed by atoms with Crippen LogP contribution in [-0.4, -0.2) is 10.1 Å². The summed E-state index contributed by atoms with van der Waals surface area (Å²) in [5.74, 6) is 0. The first-order valence-corrected chi connectivity index (χ1v) is 6.36. The molecule has 0 radical (unpaired) electrons. The van der Waals surface area contributed by atoms with E-state index >= 15 is 0 Å². The molecule has 2 aromatic rings. The fourth-order valence-corrected chi connectivity index (χ4v) is 2.04. The van der Waals surface area contributed by atoms with Crippen LogP contribution < -0.4 is 5.73 Å². The number of rotatable bonds is 3. The average Bonchev–Trinajstić information content (AvgIpc) is 2.45. The second-order valence-electron chi connectivity index (χ2n) is 4.75. The third kappa shape index (κ3) is 3.97. The highest BCUT2D eigenvalue weighted by Gasteiger charge is 2.35. The summed E-state index contributed by atoms with van der Waals surface area (Å²) >= 11 is 0. The molecule has 3 nitrogen and oxygen atoms in total. The van der Waals surface area contributed by atoms with Gasteiger partial charge >= 0.3 is 6.18 Å². The summed E-state index contributed by atoms with van der Waals surface area (Å²) in [6, 6.07) is 7.68. The van der Waals surface area contributed by atoms with Gasteiger partial charge in [-0.3, -0.25) is 4.98 Å². The van der Waals surface area contributed by atoms with Crippen LogP contribution >= 0.6 is 12.4 Å². The summed E-state index contributed by atoms with van der Waals surface area (Å²) in [5, 5.41) is 9.43. The van der Waals surface area contributed by atoms with E-state index in [-0.39, 0.29) is 18.1 Å². The molecule has 1 unspecified atom stereocenters. The molecule has 0 aliphatic carbocycles. The van der Waals surface area contributed by atoms with E-state index in [1.165, 1.54) is 12.3 Å². The van der Waals surface area contributed by atoms with Crippen LogP contribution in [0.4, 0.5) is 13.2 Å². The minimum absolute atomic E-state index is 0. The molecule has 2 atom stereocenters. The Bertz CT molecular complexity index is 615. The highest BCUT2D eigenvalue weighted by atomic mass is 35.5. The molecule has 0 amide bonds. The predicted octanol–water partition coefficient (Wildman–Crippen LogP) is 3.62. The molecule has 0 aliphatic heterocycles. The van der Waals surface area contributed by atoms with Crippen molar-refractivity contribution in [1.29, 1.82) is 0 Å². The molecule has 1 aromatic heterocycles. The maximum atomic E-state index is 13.0. The molecule has 1 aromatic carbocycles. The van der Waals surface area contributed by atoms with Crippen LogP contribution in [0, 0.1) is 0 Å². The van der Waals surface area contributed by atoms with Crippen molar-refractivity contribution in [1.82, 2.24) is 4.98 Å². The SMILES string of the molecule is CC(O)c1ccc([C@H](N)c2ncccc2C(F)(F)F)cc1.Cl. The maximum absolute atomic E-state index is 13.0. The molecule has 22 heavy (non-hydrogen) atoms. The molecule has 0 spiro atoms. The van der Waals surface area contributed by atoms with Gasteiger partial charge in [0.05, 0.1) is 23.4 Å². The van der Waals surface area contributed by atoms with Crippen LogP contribution in [0.1, 0.15) is 41.5 Å². The van der Waals surface area contributed by atoms with E-state index in [1.54, 1.807) is 31.2 Å². The van der Waals surface area contributed by atoms with Crippen LogP contribution in [0.3, 0.4) is 0 Å². The number of aromatic nitrogens is 1. The van der Waals surface area contributed by atoms with Crippen LogP contribution in [0.25, 0.3) is 0 Å². The molecule has 0 fully saturated rings. The standard InChI is InChI=1S/C15H15F3N2O.ClH/c1-9(21)10-4-6-11(7-5-10)13(19)14-12(15(16,17)18)3-2-8-20-14;/h2-9,13,21H,19H2,1H3;1H/t9?,13-;/m0./s1. The van der Waals surface area contributed by atoms with Crippen LogP contribution in [0.5, 0.6) is 0 Å². The number of hydrogen-bond acceptors (Lipinski definition) is 3. The Hall–Kier alpha value is -1.63. The lowest BCUT2D eigenvalue weighted by Crippen LogP contribution is -2.20. The fourth-order valence-electron chi connectivity index (χ4n) is 2.04. The van der Waals surface area contributed by atoms with Crippen molar-refractivity contribution in [2.24, 2.45) is 5.73 Å². The number of nitrogens with zero attached hydrogens (tertiary/aromatic N) is 1. The molecule has 1 heterocycles. The van der Waals surface area contributed by atoms with E-state index in [0.717, 1.165) is 6.07 Å². The maximum Gasteiger partial charge on any atom is 0.418 e. The van der Waals surface area contributed by atoms with Crippen molar-refractivity contribution >= 4 is 12.4 Å². The summed E-state index contributed by atoms with van der Waals surface area (Å²) in [7, 11) is 0. The van der Waals surface area contributed by atoms with Crippen molar-refractivity contribution in [3.63, 3.8) is 0 Å². The van der Waals surface area contributed by atoms with Crippen molar-refractivity contribution in [3.8, 4) is 0 Å². The Kier molecular flexibility index (Phi) is 5.93. The Morgan fingerprint density at radius 2 is 1.64 bits per heavy atom. The first-order chi connectivity index (χ1) is 9.80. The van der Waals surface area contributed by atoms with Gasteiger partial charge in [0.25, 0.3) is 0 Å². The van der Waals surface area contributed by atoms with E-state index in [1.807, 2.05) is 0 Å². The lowest BCUT2D eigenvalue weighted by atomic mass is 9.98. The topological polar surface area (TPSA) is 59.1 Å². The van der Waals surface area contributed by atoms with Crippen molar-refractivity contribution < 1.29 is 18.3 Å². The Morgan fingerprint density at radius 1 is 1.09 bits per heavy atom. The minimum Gasteiger partial charge on any atom is -0.389 e. The van der Waals surface area contributed by atoms with E-state index in [2.05, 4.69) is 4.98 Å². The molecule has 120 valence electrons. The number of pyridine rings is 1. The first-order valence-electron chi connectivity index (χ1n) is 6.36. The first kappa shape index (κ1) is 18.4. The fraction of sp³-hybridized carbons (Fsp3) is 0.267. The second kappa shape index (κ2) is 7.09. The van der Waals surface area contributed by atoms with Gasteiger partial charge in [0.15, 0.2) is 0 Å². The van der Waals surface area contributed by atoms with Crippen molar-refractivity contribution in [2.75, 3.05) is 0 Å². The molecule has 7 heteroatoms. The van der Waals surface area contributed by atoms with Gasteiger partial charge in [-0.2, -0.15) is 13.2 Å². The summed E-state index contributed by atoms with van der Waals surface area (Å²) in [4.78, 5) is 3.78. The summed E-state index contributed by atoms with van der Waals surface area (Å²) in [6.07, 6.45) is -3.86. The third-order valence-corrected chi connectivity index (χ3v) is 3.22. The molecular formula is C15H16ClF3N2O. The molecule has 0 saturated carbocycles. The van der Waals surface area contributed by atoms with E-state index in [4.69, 9.17) is 5.73 Å². The van der Waals surface area contributed by atoms with Gasteiger partial charge in [-0.15, -0.1) is 12.4 Å². The number of nitrogens with two attached hydrogens (primary N) is 1. The number of alkyl halides is 3. The van der Waals surface area contributed by atoms with Gasteiger partial charge in [-0.1, -0.05) is 24.3 Å². The van der Waals surface area contributed by atoms with Gasteiger partial charge in [-0.25, -0.2) is 0 Å². The zero-order chi connectivity index (χ0) is 15.6. The largest absolute Gasteiger partial charge is 0.418 e. The number of hydrogen-bond donors (Lipinski definition) is 2. The van der Waals surface area contributed by atoms with Crippen molar-refractivity contribution in [2.45, 2.75) is 25.2 Å². The number of aliphatic hydroxyl groups excluding tert-OH is 1. The lowest BCUT2D eigenvalue weighted by molar-refractivity contribution is -0.138. The van der Waals surface area contributed by atoms with Gasteiger partial charge in [-0.05, 0) is 30.2 Å². The van der Waals surface area contributed by atoms with Crippen LogP contribution in [0.15, 0.2) is 42.6 Å². The Morgan fingerprint density at radius 3 is 2.14 bits per heavy atom. The molecule has 2 rings (SSSR count). The minimum atomic E-state index is -4.50. The summed E-state index contributed by atoms with van der Waals surface area (Å²) < 4.78 is 38.9. The average molecular weight is 333 g/mol. The predicted molar refractivity (Wildman–Crippen MR) is 79.6 cm³/mol. The quantitative estimate of drug-likeness (QED) is 0.902. The zero-order valence-corrected chi connectivity index (χ0v) is 12.5. The molecular weight excluding hydrogens is 317 g/mol. The number of aliphatic hydroxyl groups is 1. The van der Waals surface area contributed by atoms with Crippen LogP contribution in [-0.2, 0) is 6.18 Å². The van der Waals surface area contributed by atoms with Crippen molar-refractivity contribution in [3.05, 3.63) is 65.0 Å². The third-order valence-electron chi connectivity index (χ3n) is 3.22. The highest BCUT2D eigenvalue weighted by molar-refractivity contribution is 5.85. The van der Waals surface area contributed by atoms with Gasteiger partial charge in [0, 0.05) is 6.20 Å². The lowest BCUT2D eigenvalue weighted by Gasteiger charge is -2.17. The summed E-state index contributed by atoms with van der Waals surface area (Å²) in [5.41, 5.74) is 6.04. The van der Waals surface area contributed by atoms with E-state index in [9.17, 15) is 18.3 Å². The second-order valence-corrected chi connectivity index (χ2v) is 4.75.